The third-order valence-corrected chi connectivity index (χ3v) is 6.02. The van der Waals surface area contributed by atoms with Gasteiger partial charge in [0, 0.05) is 18.9 Å². The number of amides is 1. The van der Waals surface area contributed by atoms with Crippen molar-refractivity contribution in [3.8, 4) is 0 Å². The molecule has 0 saturated carbocycles. The molecule has 1 amide bonds. The minimum atomic E-state index is -4.75. The number of hydrogen-bond donors (Lipinski definition) is 1. The summed E-state index contributed by atoms with van der Waals surface area (Å²) < 4.78 is 44.1. The first-order valence-electron chi connectivity index (χ1n) is 11.6. The Kier molecular flexibility index (Phi) is 7.01. The van der Waals surface area contributed by atoms with Crippen molar-refractivity contribution in [2.75, 3.05) is 0 Å². The Hall–Kier alpha value is -3.88. The highest BCUT2D eigenvalue weighted by molar-refractivity contribution is 5.95. The van der Waals surface area contributed by atoms with Crippen LogP contribution in [0.2, 0.25) is 0 Å². The average Bonchev–Trinajstić information content (AvgIpc) is 3.40. The van der Waals surface area contributed by atoms with Crippen molar-refractivity contribution in [1.29, 1.82) is 0 Å². The molecule has 2 aromatic carbocycles. The molecule has 0 aliphatic rings. The van der Waals surface area contributed by atoms with Gasteiger partial charge in [0.1, 0.15) is 0 Å². The first kappa shape index (κ1) is 25.2. The normalized spacial score (nSPS) is 11.6. The fourth-order valence-electron chi connectivity index (χ4n) is 4.31. The molecular formula is C27H28F3N5O. The molecule has 1 N–H and O–H groups in total. The Balaban J connectivity index is 1.49. The second-order valence-corrected chi connectivity index (χ2v) is 9.18. The predicted octanol–water partition coefficient (Wildman–Crippen LogP) is 5.36. The smallest absolute Gasteiger partial charge is 0.348 e. The van der Waals surface area contributed by atoms with Crippen LogP contribution in [0.5, 0.6) is 0 Å². The number of rotatable bonds is 7. The first-order chi connectivity index (χ1) is 17.0. The van der Waals surface area contributed by atoms with E-state index in [4.69, 9.17) is 0 Å². The molecule has 6 nitrogen and oxygen atoms in total. The van der Waals surface area contributed by atoms with E-state index in [-0.39, 0.29) is 13.1 Å². The molecule has 0 aliphatic carbocycles. The number of carbonyl (C=O) groups excluding carboxylic acids is 1. The molecule has 36 heavy (non-hydrogen) atoms. The van der Waals surface area contributed by atoms with E-state index in [1.165, 1.54) is 0 Å². The molecule has 0 saturated heterocycles. The van der Waals surface area contributed by atoms with E-state index >= 15 is 0 Å². The molecule has 0 unspecified atom stereocenters. The Morgan fingerprint density at radius 3 is 2.00 bits per heavy atom. The molecule has 9 heteroatoms. The summed E-state index contributed by atoms with van der Waals surface area (Å²) in [4.78, 5) is 12.8. The van der Waals surface area contributed by atoms with Crippen LogP contribution in [0.25, 0.3) is 0 Å². The minimum absolute atomic E-state index is 0.105. The van der Waals surface area contributed by atoms with Gasteiger partial charge in [-0.05, 0) is 61.1 Å². The van der Waals surface area contributed by atoms with Crippen LogP contribution in [0, 0.1) is 27.7 Å². The molecular weight excluding hydrogens is 467 g/mol. The molecule has 2 aromatic heterocycles. The molecule has 4 aromatic rings. The fourth-order valence-corrected chi connectivity index (χ4v) is 4.31. The Morgan fingerprint density at radius 2 is 1.47 bits per heavy atom. The largest absolute Gasteiger partial charge is 0.435 e. The van der Waals surface area contributed by atoms with E-state index in [0.29, 0.717) is 6.54 Å². The van der Waals surface area contributed by atoms with Crippen LogP contribution < -0.4 is 5.32 Å². The number of benzene rings is 2. The summed E-state index contributed by atoms with van der Waals surface area (Å²) in [6.45, 7) is 8.61. The van der Waals surface area contributed by atoms with Crippen molar-refractivity contribution >= 4 is 5.91 Å². The van der Waals surface area contributed by atoms with Crippen molar-refractivity contribution in [2.24, 2.45) is 0 Å². The van der Waals surface area contributed by atoms with Gasteiger partial charge in [0.25, 0.3) is 5.91 Å². The van der Waals surface area contributed by atoms with E-state index in [9.17, 15) is 18.0 Å². The molecule has 4 rings (SSSR count). The van der Waals surface area contributed by atoms with Crippen molar-refractivity contribution < 1.29 is 18.0 Å². The second kappa shape index (κ2) is 10.0. The summed E-state index contributed by atoms with van der Waals surface area (Å²) in [5, 5.41) is 10.6. The standard InChI is InChI=1S/C27H28F3N5O/c1-17-9-19(3)23(20(4)10-17)12-31-26(36)24-16-35(33-25(24)27(28,29)30)15-22-7-5-21(6-8-22)14-34-13-18(2)11-32-34/h5-11,13,16H,12,14-15H2,1-4H3,(H,31,36). The van der Waals surface area contributed by atoms with Gasteiger partial charge < -0.3 is 5.32 Å². The van der Waals surface area contributed by atoms with Crippen LogP contribution in [0.4, 0.5) is 13.2 Å². The number of nitrogens with one attached hydrogen (secondary N) is 1. The van der Waals surface area contributed by atoms with E-state index < -0.39 is 23.3 Å². The van der Waals surface area contributed by atoms with Crippen molar-refractivity contribution in [2.45, 2.75) is 53.5 Å². The second-order valence-electron chi connectivity index (χ2n) is 9.18. The Morgan fingerprint density at radius 1 is 0.889 bits per heavy atom. The van der Waals surface area contributed by atoms with Gasteiger partial charge in [-0.3, -0.25) is 14.2 Å². The lowest BCUT2D eigenvalue weighted by molar-refractivity contribution is -0.141. The lowest BCUT2D eigenvalue weighted by Gasteiger charge is -2.12. The fraction of sp³-hybridized carbons (Fsp3) is 0.296. The minimum Gasteiger partial charge on any atom is -0.348 e. The molecule has 0 radical (unpaired) electrons. The van der Waals surface area contributed by atoms with Crippen LogP contribution in [-0.2, 0) is 25.8 Å². The number of carbonyl (C=O) groups is 1. The van der Waals surface area contributed by atoms with Crippen molar-refractivity contribution in [3.63, 3.8) is 0 Å². The summed E-state index contributed by atoms with van der Waals surface area (Å²) >= 11 is 0. The van der Waals surface area contributed by atoms with Gasteiger partial charge in [-0.25, -0.2) is 0 Å². The third-order valence-electron chi connectivity index (χ3n) is 6.02. The van der Waals surface area contributed by atoms with E-state index in [1.54, 1.807) is 6.20 Å². The van der Waals surface area contributed by atoms with Gasteiger partial charge in [-0.2, -0.15) is 23.4 Å². The lowest BCUT2D eigenvalue weighted by atomic mass is 10.00. The zero-order valence-electron chi connectivity index (χ0n) is 20.6. The SMILES string of the molecule is Cc1cc(C)c(CNC(=O)c2cn(Cc3ccc(Cn4cc(C)cn4)cc3)nc2C(F)(F)F)c(C)c1. The number of hydrogen-bond acceptors (Lipinski definition) is 3. The third kappa shape index (κ3) is 5.84. The maximum atomic E-state index is 13.7. The maximum absolute atomic E-state index is 13.7. The number of halogens is 3. The highest BCUT2D eigenvalue weighted by Crippen LogP contribution is 2.31. The number of alkyl halides is 3. The summed E-state index contributed by atoms with van der Waals surface area (Å²) in [7, 11) is 0. The molecule has 0 bridgehead atoms. The predicted molar refractivity (Wildman–Crippen MR) is 131 cm³/mol. The zero-order valence-corrected chi connectivity index (χ0v) is 20.6. The van der Waals surface area contributed by atoms with Gasteiger partial charge in [0.2, 0.25) is 0 Å². The summed E-state index contributed by atoms with van der Waals surface area (Å²) in [5.74, 6) is -0.808. The Labute approximate surface area is 207 Å². The lowest BCUT2D eigenvalue weighted by Crippen LogP contribution is -2.26. The Bertz CT molecular complexity index is 1360. The highest BCUT2D eigenvalue weighted by atomic mass is 19.4. The van der Waals surface area contributed by atoms with E-state index in [0.717, 1.165) is 49.8 Å². The highest BCUT2D eigenvalue weighted by Gasteiger charge is 2.39. The van der Waals surface area contributed by atoms with E-state index in [2.05, 4.69) is 15.5 Å². The van der Waals surface area contributed by atoms with Crippen LogP contribution in [0.3, 0.4) is 0 Å². The number of aryl methyl sites for hydroxylation is 4. The van der Waals surface area contributed by atoms with Crippen LogP contribution in [0.15, 0.2) is 55.0 Å². The van der Waals surface area contributed by atoms with Crippen molar-refractivity contribution in [1.82, 2.24) is 24.9 Å². The molecule has 2 heterocycles. The maximum Gasteiger partial charge on any atom is 0.435 e. The van der Waals surface area contributed by atoms with Crippen LogP contribution >= 0.6 is 0 Å². The molecule has 0 aliphatic heterocycles. The molecule has 0 spiro atoms. The number of aromatic nitrogens is 4. The first-order valence-corrected chi connectivity index (χ1v) is 11.6. The van der Waals surface area contributed by atoms with Gasteiger partial charge in [0.05, 0.1) is 24.8 Å². The van der Waals surface area contributed by atoms with Crippen LogP contribution in [-0.4, -0.2) is 25.5 Å². The molecule has 0 fully saturated rings. The van der Waals surface area contributed by atoms with Crippen molar-refractivity contribution in [3.05, 3.63) is 105 Å². The van der Waals surface area contributed by atoms with Gasteiger partial charge in [0.15, 0.2) is 5.69 Å². The summed E-state index contributed by atoms with van der Waals surface area (Å²) in [6.07, 6.45) is 0.123. The van der Waals surface area contributed by atoms with Gasteiger partial charge in [-0.15, -0.1) is 0 Å². The molecule has 188 valence electrons. The summed E-state index contributed by atoms with van der Waals surface area (Å²) in [6, 6.07) is 11.4. The molecule has 0 atom stereocenters. The topological polar surface area (TPSA) is 64.7 Å². The quantitative estimate of drug-likeness (QED) is 0.376. The van der Waals surface area contributed by atoms with E-state index in [1.807, 2.05) is 75.0 Å². The average molecular weight is 496 g/mol. The van der Waals surface area contributed by atoms with Crippen LogP contribution in [0.1, 0.15) is 55.0 Å². The summed E-state index contributed by atoms with van der Waals surface area (Å²) in [5.41, 5.74) is 5.10. The zero-order chi connectivity index (χ0) is 26.0. The number of nitrogens with zero attached hydrogens (tertiary/aromatic N) is 4. The monoisotopic (exact) mass is 495 g/mol. The van der Waals surface area contributed by atoms with Gasteiger partial charge in [-0.1, -0.05) is 42.0 Å². The van der Waals surface area contributed by atoms with Gasteiger partial charge >= 0.3 is 6.18 Å².